The molecule has 2 aliphatic heterocycles. The molecule has 2 aliphatic rings. The van der Waals surface area contributed by atoms with Crippen LogP contribution in [0.2, 0.25) is 0 Å². The predicted molar refractivity (Wildman–Crippen MR) is 88.4 cm³/mol. The third kappa shape index (κ3) is 4.08. The highest BCUT2D eigenvalue weighted by Crippen LogP contribution is 2.34. The van der Waals surface area contributed by atoms with E-state index in [1.54, 1.807) is 6.08 Å². The third-order valence-corrected chi connectivity index (χ3v) is 4.21. The smallest absolute Gasteiger partial charge is 0.217 e. The average molecular weight is 349 g/mol. The van der Waals surface area contributed by atoms with Crippen LogP contribution >= 0.6 is 0 Å². The highest BCUT2D eigenvalue weighted by molar-refractivity contribution is 5.73. The molecule has 1 amide bonds. The van der Waals surface area contributed by atoms with Crippen molar-refractivity contribution in [1.29, 1.82) is 0 Å². The highest BCUT2D eigenvalue weighted by atomic mass is 16.7. The van der Waals surface area contributed by atoms with Crippen LogP contribution in [0.4, 0.5) is 0 Å². The molecule has 25 heavy (non-hydrogen) atoms. The largest absolute Gasteiger partial charge is 0.369 e. The first-order chi connectivity index (χ1) is 12.1. The van der Waals surface area contributed by atoms with Gasteiger partial charge in [-0.2, -0.15) is 0 Å². The SMILES string of the molecule is C=CCO[C@@H]1[C@@H](NC(C)=O)[C@@H](O)O[C@@H]2COC(c3ccccc3)O[C@@H]12. The predicted octanol–water partition coefficient (Wildman–Crippen LogP) is 0.894. The van der Waals surface area contributed by atoms with E-state index in [0.29, 0.717) is 0 Å². The number of amides is 1. The minimum absolute atomic E-state index is 0.252. The number of rotatable bonds is 5. The molecule has 136 valence electrons. The number of hydrogen-bond donors (Lipinski definition) is 2. The number of carbonyl (C=O) groups excluding carboxylic acids is 1. The van der Waals surface area contributed by atoms with Crippen LogP contribution in [0.25, 0.3) is 0 Å². The van der Waals surface area contributed by atoms with E-state index in [-0.39, 0.29) is 19.1 Å². The Labute approximate surface area is 146 Å². The zero-order valence-electron chi connectivity index (χ0n) is 14.0. The lowest BCUT2D eigenvalue weighted by molar-refractivity contribution is -0.341. The van der Waals surface area contributed by atoms with E-state index in [4.69, 9.17) is 18.9 Å². The lowest BCUT2D eigenvalue weighted by Gasteiger charge is -2.48. The second kappa shape index (κ2) is 8.07. The van der Waals surface area contributed by atoms with Gasteiger partial charge in [-0.05, 0) is 0 Å². The molecule has 0 aliphatic carbocycles. The van der Waals surface area contributed by atoms with E-state index in [9.17, 15) is 9.90 Å². The Bertz CT molecular complexity index is 594. The van der Waals surface area contributed by atoms with Crippen LogP contribution in [0.1, 0.15) is 18.8 Å². The van der Waals surface area contributed by atoms with E-state index in [2.05, 4.69) is 11.9 Å². The van der Waals surface area contributed by atoms with Gasteiger partial charge in [0.15, 0.2) is 12.6 Å². The summed E-state index contributed by atoms with van der Waals surface area (Å²) < 4.78 is 23.2. The lowest BCUT2D eigenvalue weighted by Crippen LogP contribution is -2.66. The second-order valence-electron chi connectivity index (χ2n) is 6.05. The Morgan fingerprint density at radius 1 is 1.40 bits per heavy atom. The summed E-state index contributed by atoms with van der Waals surface area (Å²) in [4.78, 5) is 11.5. The first kappa shape index (κ1) is 18.0. The Morgan fingerprint density at radius 2 is 2.16 bits per heavy atom. The first-order valence-corrected chi connectivity index (χ1v) is 8.25. The van der Waals surface area contributed by atoms with Crippen molar-refractivity contribution in [2.24, 2.45) is 0 Å². The maximum absolute atomic E-state index is 11.5. The van der Waals surface area contributed by atoms with Gasteiger partial charge < -0.3 is 29.4 Å². The molecule has 2 heterocycles. The molecular weight excluding hydrogens is 326 g/mol. The number of benzene rings is 1. The van der Waals surface area contributed by atoms with Gasteiger partial charge in [0.2, 0.25) is 5.91 Å². The molecule has 0 spiro atoms. The molecule has 3 rings (SSSR count). The van der Waals surface area contributed by atoms with Crippen molar-refractivity contribution in [3.63, 3.8) is 0 Å². The molecule has 2 N–H and O–H groups in total. The first-order valence-electron chi connectivity index (χ1n) is 8.25. The van der Waals surface area contributed by atoms with Crippen molar-refractivity contribution < 1.29 is 28.8 Å². The number of carbonyl (C=O) groups is 1. The second-order valence-corrected chi connectivity index (χ2v) is 6.05. The van der Waals surface area contributed by atoms with Crippen molar-refractivity contribution >= 4 is 5.91 Å². The van der Waals surface area contributed by atoms with Gasteiger partial charge in [0.25, 0.3) is 0 Å². The number of ether oxygens (including phenoxy) is 4. The molecule has 0 bridgehead atoms. The zero-order chi connectivity index (χ0) is 17.8. The fourth-order valence-corrected chi connectivity index (χ4v) is 3.13. The summed E-state index contributed by atoms with van der Waals surface area (Å²) in [6.07, 6.45) is -1.75. The molecule has 7 nitrogen and oxygen atoms in total. The van der Waals surface area contributed by atoms with Gasteiger partial charge in [0.05, 0.1) is 13.2 Å². The topological polar surface area (TPSA) is 86.3 Å². The number of aliphatic hydroxyl groups is 1. The minimum atomic E-state index is -1.21. The number of hydrogen-bond acceptors (Lipinski definition) is 6. The number of nitrogens with one attached hydrogen (secondary N) is 1. The highest BCUT2D eigenvalue weighted by Gasteiger charge is 2.50. The fourth-order valence-electron chi connectivity index (χ4n) is 3.13. The Kier molecular flexibility index (Phi) is 5.82. The average Bonchev–Trinajstić information content (AvgIpc) is 2.61. The third-order valence-electron chi connectivity index (χ3n) is 4.21. The van der Waals surface area contributed by atoms with Crippen LogP contribution in [0.5, 0.6) is 0 Å². The van der Waals surface area contributed by atoms with Crippen LogP contribution in [0.3, 0.4) is 0 Å². The molecule has 1 unspecified atom stereocenters. The van der Waals surface area contributed by atoms with E-state index >= 15 is 0 Å². The van der Waals surface area contributed by atoms with Crippen LogP contribution in [-0.2, 0) is 23.7 Å². The number of fused-ring (bicyclic) bond motifs is 1. The summed E-state index contributed by atoms with van der Waals surface area (Å²) in [7, 11) is 0. The molecule has 1 aromatic carbocycles. The van der Waals surface area contributed by atoms with Crippen LogP contribution in [-0.4, -0.2) is 54.9 Å². The standard InChI is InChI=1S/C18H23NO6/c1-3-9-22-16-14(19-11(2)20)17(21)24-13-10-23-18(25-15(13)16)12-7-5-4-6-8-12/h3-8,13-18,21H,1,9-10H2,2H3,(H,19,20)/t13-,14-,15-,16-,17+,18?/m1/s1. The molecule has 2 fully saturated rings. The quantitative estimate of drug-likeness (QED) is 0.768. The van der Waals surface area contributed by atoms with Gasteiger partial charge in [0.1, 0.15) is 24.4 Å². The van der Waals surface area contributed by atoms with Crippen LogP contribution in [0.15, 0.2) is 43.0 Å². The maximum atomic E-state index is 11.5. The molecule has 0 radical (unpaired) electrons. The lowest BCUT2D eigenvalue weighted by atomic mass is 9.95. The Morgan fingerprint density at radius 3 is 2.84 bits per heavy atom. The van der Waals surface area contributed by atoms with E-state index < -0.39 is 36.9 Å². The van der Waals surface area contributed by atoms with Gasteiger partial charge in [-0.15, -0.1) is 6.58 Å². The normalized spacial score (nSPS) is 34.8. The molecule has 2 saturated heterocycles. The zero-order valence-corrected chi connectivity index (χ0v) is 14.0. The van der Waals surface area contributed by atoms with E-state index in [1.807, 2.05) is 30.3 Å². The van der Waals surface area contributed by atoms with Crippen LogP contribution < -0.4 is 5.32 Å². The van der Waals surface area contributed by atoms with Crippen molar-refractivity contribution in [3.8, 4) is 0 Å². The van der Waals surface area contributed by atoms with Crippen molar-refractivity contribution in [3.05, 3.63) is 48.6 Å². The molecule has 7 heteroatoms. The minimum Gasteiger partial charge on any atom is -0.369 e. The maximum Gasteiger partial charge on any atom is 0.217 e. The number of aliphatic hydroxyl groups excluding tert-OH is 1. The molecule has 0 saturated carbocycles. The van der Waals surface area contributed by atoms with E-state index in [1.165, 1.54) is 6.92 Å². The molecule has 6 atom stereocenters. The summed E-state index contributed by atoms with van der Waals surface area (Å²) in [6.45, 7) is 5.53. The van der Waals surface area contributed by atoms with Gasteiger partial charge in [-0.25, -0.2) is 0 Å². The summed E-state index contributed by atoms with van der Waals surface area (Å²) in [5, 5.41) is 12.9. The van der Waals surface area contributed by atoms with Gasteiger partial charge in [0, 0.05) is 12.5 Å². The summed E-state index contributed by atoms with van der Waals surface area (Å²) in [6, 6.07) is 8.80. The summed E-state index contributed by atoms with van der Waals surface area (Å²) >= 11 is 0. The van der Waals surface area contributed by atoms with Gasteiger partial charge in [-0.1, -0.05) is 36.4 Å². The van der Waals surface area contributed by atoms with Crippen LogP contribution in [0, 0.1) is 0 Å². The molecular formula is C18H23NO6. The monoisotopic (exact) mass is 349 g/mol. The fraction of sp³-hybridized carbons (Fsp3) is 0.500. The molecule has 1 aromatic rings. The molecule has 0 aromatic heterocycles. The van der Waals surface area contributed by atoms with Gasteiger partial charge >= 0.3 is 0 Å². The summed E-state index contributed by atoms with van der Waals surface area (Å²) in [5.74, 6) is -0.287. The van der Waals surface area contributed by atoms with Crippen molar-refractivity contribution in [2.45, 2.75) is 43.9 Å². The van der Waals surface area contributed by atoms with E-state index in [0.717, 1.165) is 5.56 Å². The van der Waals surface area contributed by atoms with Crippen molar-refractivity contribution in [1.82, 2.24) is 5.32 Å². The Hall–Kier alpha value is -1.77. The summed E-state index contributed by atoms with van der Waals surface area (Å²) in [5.41, 5.74) is 0.880. The Balaban J connectivity index is 1.81. The van der Waals surface area contributed by atoms with Gasteiger partial charge in [-0.3, -0.25) is 4.79 Å². The van der Waals surface area contributed by atoms with Crippen molar-refractivity contribution in [2.75, 3.05) is 13.2 Å².